The van der Waals surface area contributed by atoms with Gasteiger partial charge in [-0.2, -0.15) is 0 Å². The summed E-state index contributed by atoms with van der Waals surface area (Å²) >= 11 is 0. The number of methoxy groups -OCH3 is 1. The Hall–Kier alpha value is -1.86. The van der Waals surface area contributed by atoms with E-state index in [1.165, 1.54) is 6.08 Å². The Balaban J connectivity index is 2.12. The smallest absolute Gasteiger partial charge is 0.410 e. The van der Waals surface area contributed by atoms with Gasteiger partial charge < -0.3 is 18.9 Å². The number of likely N-dealkylation sites (tertiary alicyclic amines) is 1. The number of allylic oxidation sites excluding steroid dienone is 3. The lowest BCUT2D eigenvalue weighted by Crippen LogP contribution is -2.62. The van der Waals surface area contributed by atoms with Crippen LogP contribution in [0.1, 0.15) is 119 Å². The Morgan fingerprint density at radius 1 is 1.05 bits per heavy atom. The van der Waals surface area contributed by atoms with Gasteiger partial charge in [-0.25, -0.2) is 9.59 Å². The van der Waals surface area contributed by atoms with Gasteiger partial charge in [0.1, 0.15) is 18.5 Å². The van der Waals surface area contributed by atoms with Crippen LogP contribution in [0.4, 0.5) is 4.79 Å². The number of rotatable bonds is 15. The van der Waals surface area contributed by atoms with E-state index in [9.17, 15) is 9.59 Å². The van der Waals surface area contributed by atoms with Crippen molar-refractivity contribution >= 4 is 12.1 Å². The maximum atomic E-state index is 13.5. The van der Waals surface area contributed by atoms with Gasteiger partial charge in [0.05, 0.1) is 12.1 Å². The third-order valence-electron chi connectivity index (χ3n) is 8.20. The first-order chi connectivity index (χ1) is 19.1. The quantitative estimate of drug-likeness (QED) is 0.0661. The summed E-state index contributed by atoms with van der Waals surface area (Å²) in [6.07, 6.45) is 19.4. The number of carbonyl (C=O) groups is 2. The molecule has 2 aliphatic rings. The lowest BCUT2D eigenvalue weighted by molar-refractivity contribution is -0.155. The van der Waals surface area contributed by atoms with E-state index >= 15 is 0 Å². The van der Waals surface area contributed by atoms with Gasteiger partial charge in [0, 0.05) is 19.2 Å². The number of ether oxygens (including phenoxy) is 4. The van der Waals surface area contributed by atoms with Crippen molar-refractivity contribution in [3.05, 3.63) is 24.3 Å². The van der Waals surface area contributed by atoms with Crippen LogP contribution in [0, 0.1) is 11.8 Å². The first-order valence-electron chi connectivity index (χ1n) is 15.8. The number of carbonyl (C=O) groups excluding carboxylic acids is 2. The van der Waals surface area contributed by atoms with E-state index in [2.05, 4.69) is 13.8 Å². The van der Waals surface area contributed by atoms with Gasteiger partial charge in [0.25, 0.3) is 0 Å². The van der Waals surface area contributed by atoms with E-state index in [-0.39, 0.29) is 36.4 Å². The van der Waals surface area contributed by atoms with Crippen molar-refractivity contribution < 1.29 is 28.5 Å². The Bertz CT molecular complexity index is 803. The van der Waals surface area contributed by atoms with Crippen molar-refractivity contribution in [2.75, 3.05) is 13.9 Å². The number of esters is 1. The Morgan fingerprint density at radius 2 is 1.82 bits per heavy atom. The summed E-state index contributed by atoms with van der Waals surface area (Å²) in [6.45, 7) is 12.4. The van der Waals surface area contributed by atoms with Gasteiger partial charge in [0.15, 0.2) is 0 Å². The minimum absolute atomic E-state index is 0.115. The van der Waals surface area contributed by atoms with Gasteiger partial charge in [-0.05, 0) is 71.6 Å². The van der Waals surface area contributed by atoms with Crippen molar-refractivity contribution in [3.8, 4) is 0 Å². The molecular weight excluding hydrogens is 506 g/mol. The molecular formula is C33H57NO6. The van der Waals surface area contributed by atoms with E-state index in [1.54, 1.807) is 13.2 Å². The Morgan fingerprint density at radius 3 is 2.50 bits per heavy atom. The van der Waals surface area contributed by atoms with Crippen LogP contribution < -0.4 is 0 Å². The Labute approximate surface area is 244 Å². The molecule has 0 N–H and O–H groups in total. The molecule has 0 radical (unpaired) electrons. The van der Waals surface area contributed by atoms with Gasteiger partial charge in [0.2, 0.25) is 0 Å². The summed E-state index contributed by atoms with van der Waals surface area (Å²) in [6, 6.07) is -0.125. The molecule has 7 heteroatoms. The summed E-state index contributed by atoms with van der Waals surface area (Å²) in [5.41, 5.74) is -0.586. The largest absolute Gasteiger partial charge is 0.457 e. The molecule has 0 spiro atoms. The highest BCUT2D eigenvalue weighted by Crippen LogP contribution is 2.44. The molecule has 230 valence electrons. The molecule has 1 heterocycles. The van der Waals surface area contributed by atoms with Crippen molar-refractivity contribution in [3.63, 3.8) is 0 Å². The number of hydrogen-bond acceptors (Lipinski definition) is 6. The number of unbranched alkanes of at least 4 members (excludes halogenated alkanes) is 2. The molecule has 0 aromatic carbocycles. The van der Waals surface area contributed by atoms with E-state index in [0.717, 1.165) is 77.0 Å². The zero-order chi connectivity index (χ0) is 29.5. The topological polar surface area (TPSA) is 74.3 Å². The molecule has 1 amide bonds. The van der Waals surface area contributed by atoms with Crippen LogP contribution in [-0.2, 0) is 23.7 Å². The zero-order valence-electron chi connectivity index (χ0n) is 26.4. The summed E-state index contributed by atoms with van der Waals surface area (Å²) in [5.74, 6) is 0.431. The minimum Gasteiger partial charge on any atom is -0.457 e. The molecule has 6 atom stereocenters. The predicted molar refractivity (Wildman–Crippen MR) is 160 cm³/mol. The normalized spacial score (nSPS) is 26.2. The van der Waals surface area contributed by atoms with Gasteiger partial charge in [-0.15, -0.1) is 0 Å². The van der Waals surface area contributed by atoms with E-state index in [0.29, 0.717) is 18.6 Å². The number of amides is 1. The summed E-state index contributed by atoms with van der Waals surface area (Å²) in [5, 5.41) is 0. The average Bonchev–Trinajstić information content (AvgIpc) is 2.89. The lowest BCUT2D eigenvalue weighted by atomic mass is 9.68. The molecule has 2 fully saturated rings. The van der Waals surface area contributed by atoms with Crippen LogP contribution in [-0.4, -0.2) is 60.8 Å². The van der Waals surface area contributed by atoms with Crippen molar-refractivity contribution in [1.29, 1.82) is 0 Å². The molecule has 40 heavy (non-hydrogen) atoms. The van der Waals surface area contributed by atoms with Crippen LogP contribution in [0.25, 0.3) is 0 Å². The SMILES string of the molecule is CCC/C=C/C=C/C(=O)O[C@@H]1C[C@H]2[C@@H](CCCC[C@@H](CCC)OCOC)CCC[C@H]2N(C(=O)OC(C)(C)C)[C@@H]1C. The standard InChI is InChI=1S/C33H57NO6/c1-8-10-11-12-13-22-31(35)39-30-23-28-26(18-14-15-20-27(17-9-2)38-24-37-7)19-16-21-29(28)34(25(30)3)32(36)40-33(4,5)6/h11-13,22,25-30H,8-10,14-21,23-24H2,1-7H3/b12-11+,22-13+/t25-,26+,27-,28+,29-,30-/m1/s1. The number of piperidine rings is 1. The summed E-state index contributed by atoms with van der Waals surface area (Å²) in [4.78, 5) is 28.1. The highest BCUT2D eigenvalue weighted by Gasteiger charge is 2.49. The predicted octanol–water partition coefficient (Wildman–Crippen LogP) is 7.97. The van der Waals surface area contributed by atoms with Crippen molar-refractivity contribution in [2.24, 2.45) is 11.8 Å². The molecule has 1 aliphatic heterocycles. The molecule has 1 saturated heterocycles. The second kappa shape index (κ2) is 17.8. The van der Waals surface area contributed by atoms with Crippen molar-refractivity contribution in [1.82, 2.24) is 4.90 Å². The second-order valence-corrected chi connectivity index (χ2v) is 12.6. The third-order valence-corrected chi connectivity index (χ3v) is 8.20. The number of hydrogen-bond donors (Lipinski definition) is 0. The molecule has 1 saturated carbocycles. The van der Waals surface area contributed by atoms with Crippen LogP contribution in [0.3, 0.4) is 0 Å². The van der Waals surface area contributed by atoms with E-state index in [1.807, 2.05) is 44.7 Å². The first kappa shape index (κ1) is 34.3. The second-order valence-electron chi connectivity index (χ2n) is 12.6. The lowest BCUT2D eigenvalue weighted by Gasteiger charge is -2.52. The van der Waals surface area contributed by atoms with Gasteiger partial charge >= 0.3 is 12.1 Å². The highest BCUT2D eigenvalue weighted by molar-refractivity contribution is 5.82. The fourth-order valence-electron chi connectivity index (χ4n) is 6.33. The maximum Gasteiger partial charge on any atom is 0.410 e. The maximum absolute atomic E-state index is 13.5. The minimum atomic E-state index is -0.586. The first-order valence-corrected chi connectivity index (χ1v) is 15.8. The summed E-state index contributed by atoms with van der Waals surface area (Å²) in [7, 11) is 1.67. The summed E-state index contributed by atoms with van der Waals surface area (Å²) < 4.78 is 22.8. The molecule has 1 aliphatic carbocycles. The molecule has 0 aromatic rings. The zero-order valence-corrected chi connectivity index (χ0v) is 26.4. The highest BCUT2D eigenvalue weighted by atomic mass is 16.7. The number of fused-ring (bicyclic) bond motifs is 1. The number of nitrogens with zero attached hydrogens (tertiary/aromatic N) is 1. The molecule has 7 nitrogen and oxygen atoms in total. The molecule has 0 bridgehead atoms. The average molecular weight is 564 g/mol. The van der Waals surface area contributed by atoms with Gasteiger partial charge in [-0.3, -0.25) is 4.90 Å². The monoisotopic (exact) mass is 563 g/mol. The fourth-order valence-corrected chi connectivity index (χ4v) is 6.33. The van der Waals surface area contributed by atoms with Crippen molar-refractivity contribution in [2.45, 2.75) is 148 Å². The van der Waals surface area contributed by atoms with E-state index in [4.69, 9.17) is 18.9 Å². The van der Waals surface area contributed by atoms with Crippen LogP contribution in [0.2, 0.25) is 0 Å². The van der Waals surface area contributed by atoms with Crippen LogP contribution >= 0.6 is 0 Å². The third kappa shape index (κ3) is 11.6. The van der Waals surface area contributed by atoms with Crippen LogP contribution in [0.5, 0.6) is 0 Å². The molecule has 0 unspecified atom stereocenters. The fraction of sp³-hybridized carbons (Fsp3) is 0.818. The van der Waals surface area contributed by atoms with Gasteiger partial charge in [-0.1, -0.05) is 77.0 Å². The van der Waals surface area contributed by atoms with E-state index < -0.39 is 5.60 Å². The Kier molecular flexibility index (Phi) is 15.3. The molecule has 2 rings (SSSR count). The molecule has 0 aromatic heterocycles. The van der Waals surface area contributed by atoms with Crippen LogP contribution in [0.15, 0.2) is 24.3 Å².